The standard InChI is InChI=1S/C13H14INO4S2/c14-9-3-5-10(6-4-9)21(18,19)15-11(13(16)17)7-20-12(15)8-1-2-8/h3-6,8,11-12H,1-2,7H2,(H,16,17). The van der Waals surface area contributed by atoms with Crippen LogP contribution >= 0.6 is 34.4 Å². The molecule has 0 radical (unpaired) electrons. The number of sulfonamides is 1. The lowest BCUT2D eigenvalue weighted by molar-refractivity contribution is -0.140. The molecule has 1 N–H and O–H groups in total. The van der Waals surface area contributed by atoms with E-state index in [9.17, 15) is 18.3 Å². The van der Waals surface area contributed by atoms with E-state index in [4.69, 9.17) is 0 Å². The van der Waals surface area contributed by atoms with Crippen molar-refractivity contribution in [2.45, 2.75) is 29.2 Å². The summed E-state index contributed by atoms with van der Waals surface area (Å²) in [6, 6.07) is 5.56. The summed E-state index contributed by atoms with van der Waals surface area (Å²) in [5.41, 5.74) is 0. The maximum atomic E-state index is 12.9. The van der Waals surface area contributed by atoms with Crippen LogP contribution in [0.3, 0.4) is 0 Å². The van der Waals surface area contributed by atoms with Crippen molar-refractivity contribution < 1.29 is 18.3 Å². The minimum Gasteiger partial charge on any atom is -0.480 e. The molecule has 0 spiro atoms. The minimum atomic E-state index is -3.78. The summed E-state index contributed by atoms with van der Waals surface area (Å²) >= 11 is 3.55. The number of thioether (sulfide) groups is 1. The SMILES string of the molecule is O=C(O)C1CSC(C2CC2)N1S(=O)(=O)c1ccc(I)cc1. The lowest BCUT2D eigenvalue weighted by Crippen LogP contribution is -2.46. The average molecular weight is 439 g/mol. The molecule has 5 nitrogen and oxygen atoms in total. The molecule has 1 aromatic rings. The highest BCUT2D eigenvalue weighted by Gasteiger charge is 2.51. The molecular formula is C13H14INO4S2. The molecule has 2 unspecified atom stereocenters. The van der Waals surface area contributed by atoms with Crippen molar-refractivity contribution >= 4 is 50.3 Å². The van der Waals surface area contributed by atoms with Gasteiger partial charge in [-0.25, -0.2) is 8.42 Å². The van der Waals surface area contributed by atoms with Crippen molar-refractivity contribution in [2.24, 2.45) is 5.92 Å². The summed E-state index contributed by atoms with van der Waals surface area (Å²) in [6.45, 7) is 0. The highest BCUT2D eigenvalue weighted by molar-refractivity contribution is 14.1. The van der Waals surface area contributed by atoms with Gasteiger partial charge in [-0.1, -0.05) is 0 Å². The Kier molecular flexibility index (Phi) is 4.23. The van der Waals surface area contributed by atoms with Crippen LogP contribution in [0.2, 0.25) is 0 Å². The van der Waals surface area contributed by atoms with Crippen molar-refractivity contribution in [3.63, 3.8) is 0 Å². The number of hydrogen-bond acceptors (Lipinski definition) is 4. The molecule has 2 atom stereocenters. The van der Waals surface area contributed by atoms with Gasteiger partial charge in [-0.15, -0.1) is 11.8 Å². The zero-order valence-electron chi connectivity index (χ0n) is 11.0. The van der Waals surface area contributed by atoms with E-state index in [1.165, 1.54) is 16.1 Å². The fourth-order valence-corrected chi connectivity index (χ4v) is 6.62. The fourth-order valence-electron chi connectivity index (χ4n) is 2.45. The van der Waals surface area contributed by atoms with E-state index in [2.05, 4.69) is 22.6 Å². The zero-order chi connectivity index (χ0) is 15.2. The maximum Gasteiger partial charge on any atom is 0.322 e. The van der Waals surface area contributed by atoms with E-state index in [1.54, 1.807) is 24.3 Å². The molecule has 2 fully saturated rings. The van der Waals surface area contributed by atoms with Gasteiger partial charge in [0.2, 0.25) is 10.0 Å². The van der Waals surface area contributed by atoms with Crippen molar-refractivity contribution in [3.8, 4) is 0 Å². The van der Waals surface area contributed by atoms with Gasteiger partial charge in [0, 0.05) is 9.32 Å². The van der Waals surface area contributed by atoms with Gasteiger partial charge < -0.3 is 5.11 Å². The maximum absolute atomic E-state index is 12.9. The van der Waals surface area contributed by atoms with Gasteiger partial charge >= 0.3 is 5.97 Å². The van der Waals surface area contributed by atoms with E-state index < -0.39 is 22.0 Å². The van der Waals surface area contributed by atoms with Crippen molar-refractivity contribution in [3.05, 3.63) is 27.8 Å². The van der Waals surface area contributed by atoms with Crippen molar-refractivity contribution in [1.29, 1.82) is 0 Å². The molecule has 1 aliphatic carbocycles. The van der Waals surface area contributed by atoms with E-state index in [1.807, 2.05) is 0 Å². The molecule has 21 heavy (non-hydrogen) atoms. The van der Waals surface area contributed by atoms with Crippen molar-refractivity contribution in [2.75, 3.05) is 5.75 Å². The first kappa shape index (κ1) is 15.6. The Hall–Kier alpha value is -0.320. The van der Waals surface area contributed by atoms with Crippen LogP contribution in [0, 0.1) is 9.49 Å². The number of benzene rings is 1. The first-order valence-electron chi connectivity index (χ1n) is 6.55. The van der Waals surface area contributed by atoms with Gasteiger partial charge in [0.1, 0.15) is 6.04 Å². The molecule has 8 heteroatoms. The van der Waals surface area contributed by atoms with Crippen LogP contribution in [-0.2, 0) is 14.8 Å². The molecule has 2 aliphatic rings. The monoisotopic (exact) mass is 439 g/mol. The Labute approximate surface area is 141 Å². The number of carboxylic acid groups (broad SMARTS) is 1. The summed E-state index contributed by atoms with van der Waals surface area (Å²) in [7, 11) is -3.78. The summed E-state index contributed by atoms with van der Waals surface area (Å²) in [4.78, 5) is 11.6. The Balaban J connectivity index is 2.00. The van der Waals surface area contributed by atoms with E-state index >= 15 is 0 Å². The van der Waals surface area contributed by atoms with Crippen LogP contribution in [-0.4, -0.2) is 41.0 Å². The van der Waals surface area contributed by atoms with Crippen LogP contribution < -0.4 is 0 Å². The predicted octanol–water partition coefficient (Wildman–Crippen LogP) is 2.22. The van der Waals surface area contributed by atoms with Crippen LogP contribution in [0.4, 0.5) is 0 Å². The van der Waals surface area contributed by atoms with Crippen LogP contribution in [0.15, 0.2) is 29.2 Å². The second kappa shape index (κ2) is 5.71. The molecule has 3 rings (SSSR count). The lowest BCUT2D eigenvalue weighted by atomic mass is 10.3. The van der Waals surface area contributed by atoms with Crippen LogP contribution in [0.25, 0.3) is 0 Å². The van der Waals surface area contributed by atoms with Crippen LogP contribution in [0.1, 0.15) is 12.8 Å². The second-order valence-electron chi connectivity index (χ2n) is 5.20. The largest absolute Gasteiger partial charge is 0.480 e. The fraction of sp³-hybridized carbons (Fsp3) is 0.462. The number of aliphatic carboxylic acids is 1. The highest BCUT2D eigenvalue weighted by atomic mass is 127. The second-order valence-corrected chi connectivity index (χ2v) is 9.44. The Morgan fingerprint density at radius 2 is 1.90 bits per heavy atom. The molecule has 0 bridgehead atoms. The Bertz CT molecular complexity index is 657. The molecule has 0 amide bonds. The number of rotatable bonds is 4. The number of halogens is 1. The molecule has 1 aromatic carbocycles. The van der Waals surface area contributed by atoms with Gasteiger partial charge in [0.05, 0.1) is 10.3 Å². The zero-order valence-corrected chi connectivity index (χ0v) is 14.8. The quantitative estimate of drug-likeness (QED) is 0.729. The predicted molar refractivity (Wildman–Crippen MR) is 88.6 cm³/mol. The summed E-state index contributed by atoms with van der Waals surface area (Å²) < 4.78 is 27.9. The van der Waals surface area contributed by atoms with Gasteiger partial charge in [-0.05, 0) is 65.6 Å². The summed E-state index contributed by atoms with van der Waals surface area (Å²) in [6.07, 6.45) is 1.95. The third kappa shape index (κ3) is 2.95. The highest BCUT2D eigenvalue weighted by Crippen LogP contribution is 2.47. The average Bonchev–Trinajstić information content (AvgIpc) is 3.17. The molecular weight excluding hydrogens is 425 g/mol. The first-order chi connectivity index (χ1) is 9.91. The molecule has 1 heterocycles. The van der Waals surface area contributed by atoms with E-state index in [0.717, 1.165) is 16.4 Å². The Morgan fingerprint density at radius 1 is 1.29 bits per heavy atom. The number of hydrogen-bond donors (Lipinski definition) is 1. The van der Waals surface area contributed by atoms with E-state index in [0.29, 0.717) is 5.75 Å². The van der Waals surface area contributed by atoms with Gasteiger partial charge in [-0.3, -0.25) is 4.79 Å². The third-order valence-corrected chi connectivity index (χ3v) is 7.90. The number of nitrogens with zero attached hydrogens (tertiary/aromatic N) is 1. The summed E-state index contributed by atoms with van der Waals surface area (Å²) in [5.74, 6) is -0.460. The molecule has 1 aliphatic heterocycles. The smallest absolute Gasteiger partial charge is 0.322 e. The number of carbonyl (C=O) groups is 1. The topological polar surface area (TPSA) is 74.7 Å². The van der Waals surface area contributed by atoms with E-state index in [-0.39, 0.29) is 16.2 Å². The lowest BCUT2D eigenvalue weighted by Gasteiger charge is -2.26. The minimum absolute atomic E-state index is 0.169. The van der Waals surface area contributed by atoms with Gasteiger partial charge in [0.15, 0.2) is 0 Å². The molecule has 0 aromatic heterocycles. The first-order valence-corrected chi connectivity index (χ1v) is 10.1. The Morgan fingerprint density at radius 3 is 2.43 bits per heavy atom. The molecule has 114 valence electrons. The van der Waals surface area contributed by atoms with Gasteiger partial charge in [0.25, 0.3) is 0 Å². The van der Waals surface area contributed by atoms with Crippen LogP contribution in [0.5, 0.6) is 0 Å². The summed E-state index contributed by atoms with van der Waals surface area (Å²) in [5, 5.41) is 9.10. The third-order valence-electron chi connectivity index (χ3n) is 3.68. The van der Waals surface area contributed by atoms with Gasteiger partial charge in [-0.2, -0.15) is 4.31 Å². The number of carboxylic acids is 1. The molecule has 1 saturated carbocycles. The normalized spacial score (nSPS) is 26.9. The molecule has 1 saturated heterocycles. The van der Waals surface area contributed by atoms with Crippen molar-refractivity contribution in [1.82, 2.24) is 4.31 Å².